The van der Waals surface area contributed by atoms with Crippen molar-refractivity contribution < 1.29 is 4.39 Å². The van der Waals surface area contributed by atoms with Crippen LogP contribution in [0.25, 0.3) is 22.7 Å². The van der Waals surface area contributed by atoms with E-state index in [0.717, 1.165) is 5.52 Å². The maximum absolute atomic E-state index is 13.3. The molecule has 0 aliphatic carbocycles. The number of nitrogens with zero attached hydrogens (tertiary/aromatic N) is 4. The lowest BCUT2D eigenvalue weighted by Crippen LogP contribution is -1.99. The van der Waals surface area contributed by atoms with Crippen molar-refractivity contribution in [1.82, 2.24) is 24.7 Å². The number of aromatic amines is 1. The Morgan fingerprint density at radius 2 is 2.22 bits per heavy atom. The van der Waals surface area contributed by atoms with Gasteiger partial charge in [0.05, 0.1) is 11.0 Å². The molecule has 3 aromatic rings. The Balaban J connectivity index is 2.29. The van der Waals surface area contributed by atoms with Crippen LogP contribution in [0, 0.1) is 5.82 Å². The molecule has 7 heteroatoms. The van der Waals surface area contributed by atoms with Crippen LogP contribution in [0.15, 0.2) is 18.2 Å². The summed E-state index contributed by atoms with van der Waals surface area (Å²) >= 11 is 0. The first kappa shape index (κ1) is 10.7. The fraction of sp³-hybridized carbons (Fsp3) is 0.182. The van der Waals surface area contributed by atoms with E-state index >= 15 is 0 Å². The smallest absolute Gasteiger partial charge is 0.239 e. The highest BCUT2D eigenvalue weighted by atomic mass is 19.1. The number of nitrogens with one attached hydrogen (secondary N) is 1. The molecule has 0 amide bonds. The Morgan fingerprint density at radius 3 is 2.89 bits per heavy atom. The minimum absolute atomic E-state index is 0.158. The van der Waals surface area contributed by atoms with E-state index < -0.39 is 0 Å². The van der Waals surface area contributed by atoms with Crippen LogP contribution in [0.4, 0.5) is 10.3 Å². The molecule has 0 unspecified atom stereocenters. The third-order valence-electron chi connectivity index (χ3n) is 2.74. The van der Waals surface area contributed by atoms with E-state index in [1.165, 1.54) is 12.1 Å². The second kappa shape index (κ2) is 3.80. The van der Waals surface area contributed by atoms with Gasteiger partial charge in [-0.3, -0.25) is 5.10 Å². The molecule has 0 spiro atoms. The standard InChI is InChI=1S/C11H11FN6/c1-2-18-8-5-6(12)3-4-7(8)14-10(18)9-15-11(13)17-16-9/h3-5H,2H2,1H3,(H3,13,15,16,17). The van der Waals surface area contributed by atoms with Crippen LogP contribution in [-0.2, 0) is 6.54 Å². The molecule has 3 N–H and O–H groups in total. The fourth-order valence-electron chi connectivity index (χ4n) is 1.97. The molecule has 1 aromatic carbocycles. The number of fused-ring (bicyclic) bond motifs is 1. The molecule has 0 atom stereocenters. The summed E-state index contributed by atoms with van der Waals surface area (Å²) in [6, 6.07) is 4.48. The van der Waals surface area contributed by atoms with Crippen molar-refractivity contribution in [1.29, 1.82) is 0 Å². The summed E-state index contributed by atoms with van der Waals surface area (Å²) in [7, 11) is 0. The Labute approximate surface area is 102 Å². The molecule has 0 saturated carbocycles. The van der Waals surface area contributed by atoms with E-state index in [-0.39, 0.29) is 11.8 Å². The van der Waals surface area contributed by atoms with Crippen LogP contribution < -0.4 is 5.73 Å². The molecule has 2 heterocycles. The molecule has 0 fully saturated rings. The zero-order chi connectivity index (χ0) is 12.7. The molecule has 0 saturated heterocycles. The van der Waals surface area contributed by atoms with Gasteiger partial charge in [0, 0.05) is 6.54 Å². The van der Waals surface area contributed by atoms with Crippen molar-refractivity contribution in [3.05, 3.63) is 24.0 Å². The largest absolute Gasteiger partial charge is 0.366 e. The normalized spacial score (nSPS) is 11.2. The Kier molecular flexibility index (Phi) is 2.26. The Hall–Kier alpha value is -2.44. The van der Waals surface area contributed by atoms with E-state index in [2.05, 4.69) is 20.2 Å². The van der Waals surface area contributed by atoms with Gasteiger partial charge in [0.15, 0.2) is 11.6 Å². The molecule has 0 aliphatic rings. The Bertz CT molecular complexity index is 713. The number of hydrogen-bond donors (Lipinski definition) is 2. The van der Waals surface area contributed by atoms with E-state index in [0.29, 0.717) is 23.7 Å². The third-order valence-corrected chi connectivity index (χ3v) is 2.74. The number of halogens is 1. The van der Waals surface area contributed by atoms with Gasteiger partial charge in [0.2, 0.25) is 5.95 Å². The molecule has 0 radical (unpaired) electrons. The molecular formula is C11H11FN6. The maximum Gasteiger partial charge on any atom is 0.239 e. The van der Waals surface area contributed by atoms with Crippen molar-refractivity contribution in [3.8, 4) is 11.6 Å². The summed E-state index contributed by atoms with van der Waals surface area (Å²) in [5.74, 6) is 0.944. The number of benzene rings is 1. The van der Waals surface area contributed by atoms with Crippen LogP contribution >= 0.6 is 0 Å². The van der Waals surface area contributed by atoms with Crippen LogP contribution in [0.3, 0.4) is 0 Å². The number of hydrogen-bond acceptors (Lipinski definition) is 4. The van der Waals surface area contributed by atoms with Crippen molar-refractivity contribution in [2.24, 2.45) is 0 Å². The van der Waals surface area contributed by atoms with E-state index in [1.54, 1.807) is 6.07 Å². The van der Waals surface area contributed by atoms with E-state index in [4.69, 9.17) is 5.73 Å². The quantitative estimate of drug-likeness (QED) is 0.718. The van der Waals surface area contributed by atoms with Gasteiger partial charge in [-0.15, -0.1) is 5.10 Å². The number of aryl methyl sites for hydroxylation is 1. The first-order valence-electron chi connectivity index (χ1n) is 5.53. The number of rotatable bonds is 2. The average Bonchev–Trinajstić information content (AvgIpc) is 2.91. The van der Waals surface area contributed by atoms with Crippen molar-refractivity contribution in [2.45, 2.75) is 13.5 Å². The van der Waals surface area contributed by atoms with Gasteiger partial charge in [-0.2, -0.15) is 4.98 Å². The van der Waals surface area contributed by atoms with Gasteiger partial charge in [-0.1, -0.05) is 0 Å². The van der Waals surface area contributed by atoms with Crippen LogP contribution in [-0.4, -0.2) is 24.7 Å². The molecule has 18 heavy (non-hydrogen) atoms. The van der Waals surface area contributed by atoms with Gasteiger partial charge >= 0.3 is 0 Å². The number of H-pyrrole nitrogens is 1. The van der Waals surface area contributed by atoms with E-state index in [9.17, 15) is 4.39 Å². The van der Waals surface area contributed by atoms with E-state index in [1.807, 2.05) is 11.5 Å². The van der Waals surface area contributed by atoms with Crippen LogP contribution in [0.5, 0.6) is 0 Å². The lowest BCUT2D eigenvalue weighted by atomic mass is 10.3. The van der Waals surface area contributed by atoms with Crippen molar-refractivity contribution >= 4 is 17.0 Å². The number of aromatic nitrogens is 5. The lowest BCUT2D eigenvalue weighted by molar-refractivity contribution is 0.628. The lowest BCUT2D eigenvalue weighted by Gasteiger charge is -2.02. The number of anilines is 1. The summed E-state index contributed by atoms with van der Waals surface area (Å²) in [4.78, 5) is 8.46. The second-order valence-electron chi connectivity index (χ2n) is 3.85. The summed E-state index contributed by atoms with van der Waals surface area (Å²) in [5, 5.41) is 6.48. The predicted octanol–water partition coefficient (Wildman–Crippen LogP) is 1.56. The summed E-state index contributed by atoms with van der Waals surface area (Å²) < 4.78 is 15.1. The fourth-order valence-corrected chi connectivity index (χ4v) is 1.97. The number of nitrogens with two attached hydrogens (primary N) is 1. The van der Waals surface area contributed by atoms with Gasteiger partial charge in [-0.25, -0.2) is 9.37 Å². The van der Waals surface area contributed by atoms with Gasteiger partial charge in [-0.05, 0) is 25.1 Å². The third kappa shape index (κ3) is 1.52. The molecule has 2 aromatic heterocycles. The molecule has 0 bridgehead atoms. The first-order valence-corrected chi connectivity index (χ1v) is 5.53. The van der Waals surface area contributed by atoms with Gasteiger partial charge in [0.25, 0.3) is 0 Å². The molecule has 6 nitrogen and oxygen atoms in total. The SMILES string of the molecule is CCn1c(-c2nc(N)n[nH]2)nc2ccc(F)cc21. The highest BCUT2D eigenvalue weighted by Gasteiger charge is 2.15. The topological polar surface area (TPSA) is 85.4 Å². The zero-order valence-electron chi connectivity index (χ0n) is 9.68. The monoisotopic (exact) mass is 246 g/mol. The van der Waals surface area contributed by atoms with Gasteiger partial charge < -0.3 is 10.3 Å². The first-order chi connectivity index (χ1) is 8.69. The molecule has 0 aliphatic heterocycles. The van der Waals surface area contributed by atoms with Crippen molar-refractivity contribution in [2.75, 3.05) is 5.73 Å². The highest BCUT2D eigenvalue weighted by Crippen LogP contribution is 2.23. The number of imidazole rings is 1. The zero-order valence-corrected chi connectivity index (χ0v) is 9.68. The number of nitrogen functional groups attached to an aromatic ring is 1. The van der Waals surface area contributed by atoms with Gasteiger partial charge in [0.1, 0.15) is 5.82 Å². The van der Waals surface area contributed by atoms with Crippen LogP contribution in [0.2, 0.25) is 0 Å². The van der Waals surface area contributed by atoms with Crippen molar-refractivity contribution in [3.63, 3.8) is 0 Å². The minimum atomic E-state index is -0.291. The summed E-state index contributed by atoms with van der Waals surface area (Å²) in [6.45, 7) is 2.60. The van der Waals surface area contributed by atoms with Crippen LogP contribution in [0.1, 0.15) is 6.92 Å². The molecule has 92 valence electrons. The second-order valence-corrected chi connectivity index (χ2v) is 3.85. The minimum Gasteiger partial charge on any atom is -0.366 e. The predicted molar refractivity (Wildman–Crippen MR) is 65.2 cm³/mol. The average molecular weight is 246 g/mol. The molecular weight excluding hydrogens is 235 g/mol. The summed E-state index contributed by atoms with van der Waals surface area (Å²) in [6.07, 6.45) is 0. The summed E-state index contributed by atoms with van der Waals surface area (Å²) in [5.41, 5.74) is 6.91. The Morgan fingerprint density at radius 1 is 1.39 bits per heavy atom. The highest BCUT2D eigenvalue weighted by molar-refractivity contribution is 5.79. The molecule has 3 rings (SSSR count). The maximum atomic E-state index is 13.3.